The van der Waals surface area contributed by atoms with E-state index >= 15 is 0 Å². The van der Waals surface area contributed by atoms with Gasteiger partial charge >= 0.3 is 0 Å². The molecule has 5 heteroatoms. The van der Waals surface area contributed by atoms with Crippen LogP contribution < -0.4 is 0 Å². The number of carbonyl (C=O) groups is 1. The van der Waals surface area contributed by atoms with E-state index < -0.39 is 0 Å². The van der Waals surface area contributed by atoms with Crippen molar-refractivity contribution in [1.29, 1.82) is 0 Å². The van der Waals surface area contributed by atoms with Crippen LogP contribution in [0.4, 0.5) is 0 Å². The molecule has 0 spiro atoms. The minimum atomic E-state index is 0.0480. The lowest BCUT2D eigenvalue weighted by Gasteiger charge is -2.24. The fraction of sp³-hybridized carbons (Fsp3) is 0.462. The van der Waals surface area contributed by atoms with E-state index in [0.717, 1.165) is 12.8 Å². The third kappa shape index (κ3) is 1.85. The Labute approximate surface area is 105 Å². The molecule has 0 atom stereocenters. The van der Waals surface area contributed by atoms with Crippen LogP contribution >= 0.6 is 0 Å². The molecule has 1 aromatic heterocycles. The van der Waals surface area contributed by atoms with Crippen LogP contribution in [-0.4, -0.2) is 34.2 Å². The predicted molar refractivity (Wildman–Crippen MR) is 66.2 cm³/mol. The minimum Gasteiger partial charge on any atom is -0.339 e. The van der Waals surface area contributed by atoms with Crippen molar-refractivity contribution in [2.45, 2.75) is 31.7 Å². The standard InChI is InChI=1S/C13H15N3O2/c1-16(10-4-2-3-5-10)13(17)9-6-7-11-12(8-9)15-18-14-11/h6-8,10H,2-5H2,1H3. The maximum Gasteiger partial charge on any atom is 0.253 e. The molecular formula is C13H15N3O2. The fourth-order valence-corrected chi connectivity index (χ4v) is 2.58. The second-order valence-electron chi connectivity index (χ2n) is 4.82. The normalized spacial score (nSPS) is 16.3. The van der Waals surface area contributed by atoms with Gasteiger partial charge in [-0.1, -0.05) is 12.8 Å². The molecule has 0 aliphatic heterocycles. The Balaban J connectivity index is 1.86. The minimum absolute atomic E-state index is 0.0480. The molecule has 1 heterocycles. The highest BCUT2D eigenvalue weighted by atomic mass is 16.6. The van der Waals surface area contributed by atoms with Gasteiger partial charge < -0.3 is 4.90 Å². The number of amides is 1. The predicted octanol–water partition coefficient (Wildman–Crippen LogP) is 2.24. The number of rotatable bonds is 2. The Bertz CT molecular complexity index is 572. The molecule has 0 bridgehead atoms. The molecule has 0 unspecified atom stereocenters. The number of aromatic nitrogens is 2. The van der Waals surface area contributed by atoms with Crippen LogP contribution in [0.5, 0.6) is 0 Å². The summed E-state index contributed by atoms with van der Waals surface area (Å²) >= 11 is 0. The van der Waals surface area contributed by atoms with Crippen LogP contribution in [0, 0.1) is 0 Å². The largest absolute Gasteiger partial charge is 0.339 e. The van der Waals surface area contributed by atoms with Gasteiger partial charge in [0.15, 0.2) is 0 Å². The lowest BCUT2D eigenvalue weighted by Crippen LogP contribution is -2.35. The van der Waals surface area contributed by atoms with Gasteiger partial charge in [-0.3, -0.25) is 4.79 Å². The first kappa shape index (κ1) is 11.2. The number of carbonyl (C=O) groups excluding carboxylic acids is 1. The third-order valence-electron chi connectivity index (χ3n) is 3.69. The first-order chi connectivity index (χ1) is 8.75. The molecule has 1 amide bonds. The molecule has 5 nitrogen and oxygen atoms in total. The van der Waals surface area contributed by atoms with E-state index in [-0.39, 0.29) is 5.91 Å². The summed E-state index contributed by atoms with van der Waals surface area (Å²) in [6.07, 6.45) is 4.65. The molecule has 1 saturated carbocycles. The van der Waals surface area contributed by atoms with Gasteiger partial charge in [0.2, 0.25) is 0 Å². The fourth-order valence-electron chi connectivity index (χ4n) is 2.58. The topological polar surface area (TPSA) is 59.2 Å². The molecule has 1 aromatic carbocycles. The van der Waals surface area contributed by atoms with E-state index in [1.807, 2.05) is 11.9 Å². The van der Waals surface area contributed by atoms with E-state index in [1.54, 1.807) is 18.2 Å². The zero-order chi connectivity index (χ0) is 12.5. The second kappa shape index (κ2) is 4.40. The van der Waals surface area contributed by atoms with E-state index in [2.05, 4.69) is 14.9 Å². The number of benzene rings is 1. The first-order valence-electron chi connectivity index (χ1n) is 6.25. The lowest BCUT2D eigenvalue weighted by molar-refractivity contribution is 0.0735. The monoisotopic (exact) mass is 245 g/mol. The molecule has 0 N–H and O–H groups in total. The van der Waals surface area contributed by atoms with E-state index in [0.29, 0.717) is 22.6 Å². The Morgan fingerprint density at radius 2 is 2.00 bits per heavy atom. The number of hydrogen-bond acceptors (Lipinski definition) is 4. The zero-order valence-electron chi connectivity index (χ0n) is 10.3. The Morgan fingerprint density at radius 1 is 1.28 bits per heavy atom. The summed E-state index contributed by atoms with van der Waals surface area (Å²) in [7, 11) is 1.88. The highest BCUT2D eigenvalue weighted by molar-refractivity contribution is 5.97. The zero-order valence-corrected chi connectivity index (χ0v) is 10.3. The quantitative estimate of drug-likeness (QED) is 0.814. The molecule has 0 radical (unpaired) electrons. The van der Waals surface area contributed by atoms with Gasteiger partial charge in [-0.25, -0.2) is 4.63 Å². The molecular weight excluding hydrogens is 230 g/mol. The molecule has 0 saturated heterocycles. The van der Waals surface area contributed by atoms with E-state index in [4.69, 9.17) is 0 Å². The van der Waals surface area contributed by atoms with Gasteiger partial charge in [0, 0.05) is 18.7 Å². The SMILES string of the molecule is CN(C(=O)c1ccc2nonc2c1)C1CCCC1. The molecule has 2 aromatic rings. The van der Waals surface area contributed by atoms with E-state index in [1.165, 1.54) is 12.8 Å². The van der Waals surface area contributed by atoms with Crippen molar-refractivity contribution >= 4 is 16.9 Å². The average molecular weight is 245 g/mol. The Morgan fingerprint density at radius 3 is 2.78 bits per heavy atom. The van der Waals surface area contributed by atoms with Gasteiger partial charge in [-0.15, -0.1) is 0 Å². The van der Waals surface area contributed by atoms with E-state index in [9.17, 15) is 4.79 Å². The van der Waals surface area contributed by atoms with Crippen LogP contribution in [0.3, 0.4) is 0 Å². The van der Waals surface area contributed by atoms with Crippen LogP contribution in [0.15, 0.2) is 22.8 Å². The molecule has 1 aliphatic rings. The summed E-state index contributed by atoms with van der Waals surface area (Å²) in [4.78, 5) is 14.2. The van der Waals surface area contributed by atoms with Gasteiger partial charge in [0.1, 0.15) is 11.0 Å². The van der Waals surface area contributed by atoms with Crippen molar-refractivity contribution in [3.63, 3.8) is 0 Å². The van der Waals surface area contributed by atoms with Gasteiger partial charge in [-0.05, 0) is 41.4 Å². The van der Waals surface area contributed by atoms with Gasteiger partial charge in [0.05, 0.1) is 0 Å². The van der Waals surface area contributed by atoms with Crippen molar-refractivity contribution < 1.29 is 9.42 Å². The van der Waals surface area contributed by atoms with Crippen molar-refractivity contribution in [1.82, 2.24) is 15.2 Å². The highest BCUT2D eigenvalue weighted by Gasteiger charge is 2.24. The van der Waals surface area contributed by atoms with Crippen LogP contribution in [0.25, 0.3) is 11.0 Å². The van der Waals surface area contributed by atoms with Gasteiger partial charge in [-0.2, -0.15) is 0 Å². The average Bonchev–Trinajstić information content (AvgIpc) is 3.06. The number of nitrogens with zero attached hydrogens (tertiary/aromatic N) is 3. The van der Waals surface area contributed by atoms with Crippen molar-refractivity contribution in [3.05, 3.63) is 23.8 Å². The van der Waals surface area contributed by atoms with Crippen molar-refractivity contribution in [2.24, 2.45) is 0 Å². The Hall–Kier alpha value is -1.91. The summed E-state index contributed by atoms with van der Waals surface area (Å²) in [6, 6.07) is 5.66. The third-order valence-corrected chi connectivity index (χ3v) is 3.69. The van der Waals surface area contributed by atoms with Crippen molar-refractivity contribution in [2.75, 3.05) is 7.05 Å². The second-order valence-corrected chi connectivity index (χ2v) is 4.82. The maximum absolute atomic E-state index is 12.3. The van der Waals surface area contributed by atoms with Crippen LogP contribution in [0.2, 0.25) is 0 Å². The summed E-state index contributed by atoms with van der Waals surface area (Å²) in [5.41, 5.74) is 1.95. The van der Waals surface area contributed by atoms with Crippen LogP contribution in [-0.2, 0) is 0 Å². The Kier molecular flexibility index (Phi) is 2.74. The lowest BCUT2D eigenvalue weighted by atomic mass is 10.1. The summed E-state index contributed by atoms with van der Waals surface area (Å²) in [5.74, 6) is 0.0480. The number of hydrogen-bond donors (Lipinski definition) is 0. The van der Waals surface area contributed by atoms with Gasteiger partial charge in [0.25, 0.3) is 5.91 Å². The van der Waals surface area contributed by atoms with Crippen molar-refractivity contribution in [3.8, 4) is 0 Å². The maximum atomic E-state index is 12.3. The molecule has 1 aliphatic carbocycles. The first-order valence-corrected chi connectivity index (χ1v) is 6.25. The summed E-state index contributed by atoms with van der Waals surface area (Å²) in [5, 5.41) is 7.49. The smallest absolute Gasteiger partial charge is 0.253 e. The summed E-state index contributed by atoms with van der Waals surface area (Å²) < 4.78 is 4.64. The molecule has 94 valence electrons. The molecule has 1 fully saturated rings. The molecule has 18 heavy (non-hydrogen) atoms. The highest BCUT2D eigenvalue weighted by Crippen LogP contribution is 2.24. The molecule has 3 rings (SSSR count). The number of fused-ring (bicyclic) bond motifs is 1. The van der Waals surface area contributed by atoms with Crippen LogP contribution in [0.1, 0.15) is 36.0 Å². The summed E-state index contributed by atoms with van der Waals surface area (Å²) in [6.45, 7) is 0.